The molecular weight excluding hydrogens is 295 g/mol. The molecule has 0 aliphatic heterocycles. The smallest absolute Gasteiger partial charge is 0.357 e. The molecule has 1 heterocycles. The first kappa shape index (κ1) is 15.3. The van der Waals surface area contributed by atoms with Crippen LogP contribution in [0.25, 0.3) is 11.1 Å². The number of nitrogens with zero attached hydrogens (tertiary/aromatic N) is 2. The maximum Gasteiger partial charge on any atom is 0.357 e. The monoisotopic (exact) mass is 308 g/mol. The standard InChI is InChI=1S/C15H14ClFN2O2/c1-19(2)14-11(16)7-6-9(12(14)17)10-5-4-8-18-13(10)15(20)21-3/h4-8H,1-3H3. The van der Waals surface area contributed by atoms with Gasteiger partial charge in [0.25, 0.3) is 0 Å². The van der Waals surface area contributed by atoms with Crippen molar-refractivity contribution in [3.05, 3.63) is 47.0 Å². The number of rotatable bonds is 3. The summed E-state index contributed by atoms with van der Waals surface area (Å²) in [7, 11) is 4.64. The van der Waals surface area contributed by atoms with E-state index in [1.54, 1.807) is 37.2 Å². The van der Waals surface area contributed by atoms with Crippen LogP contribution in [0.15, 0.2) is 30.5 Å². The molecule has 4 nitrogen and oxygen atoms in total. The number of anilines is 1. The number of hydrogen-bond donors (Lipinski definition) is 0. The highest BCUT2D eigenvalue weighted by Crippen LogP contribution is 2.35. The number of carbonyl (C=O) groups is 1. The maximum atomic E-state index is 14.7. The minimum atomic E-state index is -0.619. The van der Waals surface area contributed by atoms with Gasteiger partial charge in [0.2, 0.25) is 0 Å². The largest absolute Gasteiger partial charge is 0.464 e. The molecule has 0 atom stereocenters. The average molecular weight is 309 g/mol. The Hall–Kier alpha value is -2.14. The van der Waals surface area contributed by atoms with Gasteiger partial charge in [-0.2, -0.15) is 0 Å². The van der Waals surface area contributed by atoms with Gasteiger partial charge in [0, 0.05) is 31.4 Å². The molecule has 0 fully saturated rings. The Morgan fingerprint density at radius 2 is 2.00 bits per heavy atom. The molecule has 0 saturated carbocycles. The molecule has 6 heteroatoms. The number of methoxy groups -OCH3 is 1. The third kappa shape index (κ3) is 2.83. The number of benzene rings is 1. The van der Waals surface area contributed by atoms with E-state index in [4.69, 9.17) is 11.6 Å². The van der Waals surface area contributed by atoms with Crippen LogP contribution in [0.3, 0.4) is 0 Å². The van der Waals surface area contributed by atoms with Crippen LogP contribution in [0.2, 0.25) is 5.02 Å². The van der Waals surface area contributed by atoms with Crippen LogP contribution in [-0.2, 0) is 4.74 Å². The Balaban J connectivity index is 2.69. The molecule has 0 bridgehead atoms. The Morgan fingerprint density at radius 1 is 1.29 bits per heavy atom. The third-order valence-electron chi connectivity index (χ3n) is 2.99. The molecule has 0 amide bonds. The lowest BCUT2D eigenvalue weighted by molar-refractivity contribution is 0.0595. The van der Waals surface area contributed by atoms with Crippen molar-refractivity contribution < 1.29 is 13.9 Å². The van der Waals surface area contributed by atoms with Crippen molar-refractivity contribution in [1.29, 1.82) is 0 Å². The summed E-state index contributed by atoms with van der Waals surface area (Å²) in [6.45, 7) is 0. The third-order valence-corrected chi connectivity index (χ3v) is 3.30. The molecule has 2 rings (SSSR count). The van der Waals surface area contributed by atoms with Crippen LogP contribution in [0.5, 0.6) is 0 Å². The zero-order valence-electron chi connectivity index (χ0n) is 11.9. The van der Waals surface area contributed by atoms with E-state index >= 15 is 0 Å². The van der Waals surface area contributed by atoms with Crippen molar-refractivity contribution in [2.75, 3.05) is 26.1 Å². The molecule has 110 valence electrons. The van der Waals surface area contributed by atoms with E-state index in [0.717, 1.165) is 0 Å². The van der Waals surface area contributed by atoms with Crippen LogP contribution in [-0.4, -0.2) is 32.2 Å². The SMILES string of the molecule is COC(=O)c1ncccc1-c1ccc(Cl)c(N(C)C)c1F. The van der Waals surface area contributed by atoms with Gasteiger partial charge in [-0.15, -0.1) is 0 Å². The van der Waals surface area contributed by atoms with Gasteiger partial charge in [0.15, 0.2) is 11.5 Å². The van der Waals surface area contributed by atoms with Crippen molar-refractivity contribution >= 4 is 23.3 Å². The van der Waals surface area contributed by atoms with E-state index in [-0.39, 0.29) is 16.9 Å². The summed E-state index contributed by atoms with van der Waals surface area (Å²) < 4.78 is 19.4. The first-order chi connectivity index (χ1) is 9.97. The fraction of sp³-hybridized carbons (Fsp3) is 0.200. The lowest BCUT2D eigenvalue weighted by Crippen LogP contribution is -2.13. The van der Waals surface area contributed by atoms with Crippen molar-refractivity contribution in [3.63, 3.8) is 0 Å². The number of carbonyl (C=O) groups excluding carboxylic acids is 1. The molecule has 1 aromatic heterocycles. The number of ether oxygens (including phenoxy) is 1. The zero-order valence-corrected chi connectivity index (χ0v) is 12.6. The van der Waals surface area contributed by atoms with Crippen LogP contribution in [0, 0.1) is 5.82 Å². The van der Waals surface area contributed by atoms with E-state index in [2.05, 4.69) is 9.72 Å². The predicted octanol–water partition coefficient (Wildman–Crippen LogP) is 3.39. The Bertz CT molecular complexity index is 689. The van der Waals surface area contributed by atoms with Gasteiger partial charge in [-0.1, -0.05) is 17.7 Å². The van der Waals surface area contributed by atoms with Gasteiger partial charge in [0.1, 0.15) is 0 Å². The average Bonchev–Trinajstić information content (AvgIpc) is 2.46. The highest BCUT2D eigenvalue weighted by molar-refractivity contribution is 6.33. The van der Waals surface area contributed by atoms with Crippen LogP contribution in [0.4, 0.5) is 10.1 Å². The maximum absolute atomic E-state index is 14.7. The van der Waals surface area contributed by atoms with Gasteiger partial charge in [0.05, 0.1) is 17.8 Å². The van der Waals surface area contributed by atoms with Crippen molar-refractivity contribution in [1.82, 2.24) is 4.98 Å². The summed E-state index contributed by atoms with van der Waals surface area (Å²) >= 11 is 6.02. The second kappa shape index (κ2) is 6.10. The summed E-state index contributed by atoms with van der Waals surface area (Å²) in [5.74, 6) is -1.13. The number of halogens is 2. The number of aromatic nitrogens is 1. The number of hydrogen-bond acceptors (Lipinski definition) is 4. The molecule has 2 aromatic rings. The Kier molecular flexibility index (Phi) is 4.43. The summed E-state index contributed by atoms with van der Waals surface area (Å²) in [6, 6.07) is 6.35. The zero-order chi connectivity index (χ0) is 15.6. The van der Waals surface area contributed by atoms with Crippen LogP contribution >= 0.6 is 11.6 Å². The van der Waals surface area contributed by atoms with Crippen molar-refractivity contribution in [2.24, 2.45) is 0 Å². The second-order valence-corrected chi connectivity index (χ2v) is 4.95. The van der Waals surface area contributed by atoms with Crippen LogP contribution < -0.4 is 4.90 Å². The highest BCUT2D eigenvalue weighted by Gasteiger charge is 2.20. The number of pyridine rings is 1. The minimum absolute atomic E-state index is 0.0610. The van der Waals surface area contributed by atoms with Gasteiger partial charge in [-0.05, 0) is 18.2 Å². The minimum Gasteiger partial charge on any atom is -0.464 e. The predicted molar refractivity (Wildman–Crippen MR) is 80.3 cm³/mol. The molecule has 1 aromatic carbocycles. The van der Waals surface area contributed by atoms with Gasteiger partial charge in [-0.25, -0.2) is 14.2 Å². The molecule has 0 aliphatic rings. The van der Waals surface area contributed by atoms with Gasteiger partial charge in [-0.3, -0.25) is 0 Å². The van der Waals surface area contributed by atoms with E-state index < -0.39 is 11.8 Å². The second-order valence-electron chi connectivity index (χ2n) is 4.54. The lowest BCUT2D eigenvalue weighted by Gasteiger charge is -2.18. The first-order valence-corrected chi connectivity index (χ1v) is 6.54. The lowest BCUT2D eigenvalue weighted by atomic mass is 10.0. The normalized spacial score (nSPS) is 10.3. The Morgan fingerprint density at radius 3 is 2.62 bits per heavy atom. The fourth-order valence-electron chi connectivity index (χ4n) is 2.04. The molecule has 0 aliphatic carbocycles. The molecule has 21 heavy (non-hydrogen) atoms. The quantitative estimate of drug-likeness (QED) is 0.815. The summed E-state index contributed by atoms with van der Waals surface area (Å²) in [5.41, 5.74) is 0.929. The molecule has 0 N–H and O–H groups in total. The van der Waals surface area contributed by atoms with E-state index in [0.29, 0.717) is 10.6 Å². The van der Waals surface area contributed by atoms with E-state index in [9.17, 15) is 9.18 Å². The van der Waals surface area contributed by atoms with E-state index in [1.165, 1.54) is 19.4 Å². The first-order valence-electron chi connectivity index (χ1n) is 6.16. The summed E-state index contributed by atoms with van der Waals surface area (Å²) in [5, 5.41) is 0.296. The van der Waals surface area contributed by atoms with Crippen molar-refractivity contribution in [2.45, 2.75) is 0 Å². The molecular formula is C15H14ClFN2O2. The van der Waals surface area contributed by atoms with Gasteiger partial charge >= 0.3 is 5.97 Å². The molecule has 0 spiro atoms. The molecule has 0 radical (unpaired) electrons. The Labute approximate surface area is 127 Å². The highest BCUT2D eigenvalue weighted by atomic mass is 35.5. The summed E-state index contributed by atoms with van der Waals surface area (Å²) in [4.78, 5) is 17.3. The topological polar surface area (TPSA) is 42.4 Å². The summed E-state index contributed by atoms with van der Waals surface area (Å²) in [6.07, 6.45) is 1.45. The fourth-order valence-corrected chi connectivity index (χ4v) is 2.36. The molecule has 0 unspecified atom stereocenters. The van der Waals surface area contributed by atoms with Gasteiger partial charge < -0.3 is 9.64 Å². The van der Waals surface area contributed by atoms with E-state index in [1.807, 2.05) is 0 Å². The van der Waals surface area contributed by atoms with Crippen LogP contribution in [0.1, 0.15) is 10.5 Å². The van der Waals surface area contributed by atoms with Crippen molar-refractivity contribution in [3.8, 4) is 11.1 Å². The molecule has 0 saturated heterocycles. The number of esters is 1.